The van der Waals surface area contributed by atoms with Gasteiger partial charge in [0.1, 0.15) is 185 Å². The minimum Gasteiger partial charge on any atom is -0.489 e. The van der Waals surface area contributed by atoms with Gasteiger partial charge in [-0.3, -0.25) is 0 Å². The molecule has 17 rings (SSSR count). The van der Waals surface area contributed by atoms with Crippen molar-refractivity contribution < 1.29 is 76.2 Å². The van der Waals surface area contributed by atoms with Gasteiger partial charge in [-0.15, -0.1) is 0 Å². The van der Waals surface area contributed by atoms with Crippen molar-refractivity contribution in [3.63, 3.8) is 0 Å². The van der Waals surface area contributed by atoms with Crippen molar-refractivity contribution in [3.05, 3.63) is 508 Å². The lowest BCUT2D eigenvalue weighted by atomic mass is 10.1. The van der Waals surface area contributed by atoms with Crippen molar-refractivity contribution in [2.24, 2.45) is 10.2 Å². The SMILES string of the molecule is OCc1ccc(N=Nc2ccc(OCc3cc(OCc4cc(OCc5cc(OCc6ccccc6)cc(OCc6ccccc6)c5)cc(OCc5cc(OCc6ccccc6)cc(OCc6ccccc6)c5)c4)cc(OCc4cc(OCc5cc(OCc6ccccc6)cc(OCc6ccccc6)c5)cc(OCc5cc(OCc6ccccc6)cc(OCc6ccccc6)c5)c4)c3)cc2)cc1. The molecule has 18 heteroatoms. The highest BCUT2D eigenvalue weighted by Crippen LogP contribution is 2.37. The standard InChI is InChI=1S/C118H102N2O16/c121-70-86-41-43-102(44-42-86)119-120-103-45-47-104(48-46-103)122-79-95-49-113(131-84-100-59-115(133-80-96-51-105(123-71-87-25-9-1-10-26-87)63-106(52-96)124-72-88-27-11-2-12-28-88)68-116(60-100)134-81-97-53-107(125-73-89-29-13-3-14-30-89)64-108(54-97)126-74-90-31-15-4-16-32-90)67-114(50-95)132-85-101-61-117(135-82-98-55-109(127-75-91-33-17-5-18-34-91)65-110(56-98)128-76-92-35-19-6-20-36-92)69-118(62-101)136-83-99-57-111(129-77-93-37-21-7-22-38-93)66-112(58-99)130-78-94-39-23-8-24-40-94/h1-69,121H,70-85H2. The van der Waals surface area contributed by atoms with Crippen molar-refractivity contribution in [1.82, 2.24) is 0 Å². The number of benzene rings is 17. The molecule has 0 saturated heterocycles. The van der Waals surface area contributed by atoms with Gasteiger partial charge in [-0.25, -0.2) is 0 Å². The molecule has 0 aliphatic carbocycles. The van der Waals surface area contributed by atoms with Gasteiger partial charge in [0.25, 0.3) is 0 Å². The van der Waals surface area contributed by atoms with Crippen LogP contribution in [0.15, 0.2) is 429 Å². The summed E-state index contributed by atoms with van der Waals surface area (Å²) in [5.74, 6) is 8.54. The van der Waals surface area contributed by atoms with Crippen molar-refractivity contribution in [2.45, 2.75) is 106 Å². The molecule has 0 unspecified atom stereocenters. The molecule has 0 saturated carbocycles. The number of ether oxygens (including phenoxy) is 15. The predicted octanol–water partition coefficient (Wildman–Crippen LogP) is 27.3. The summed E-state index contributed by atoms with van der Waals surface area (Å²) in [6, 6.07) is 136. The minimum atomic E-state index is -0.0646. The Kier molecular flexibility index (Phi) is 32.1. The van der Waals surface area contributed by atoms with E-state index in [2.05, 4.69) is 10.2 Å². The Morgan fingerprint density at radius 2 is 0.257 bits per heavy atom. The molecule has 680 valence electrons. The predicted molar refractivity (Wildman–Crippen MR) is 525 cm³/mol. The van der Waals surface area contributed by atoms with Crippen LogP contribution in [0.2, 0.25) is 0 Å². The van der Waals surface area contributed by atoms with E-state index in [1.807, 2.05) is 419 Å². The number of nitrogens with zero attached hydrogens (tertiary/aromatic N) is 2. The van der Waals surface area contributed by atoms with Crippen molar-refractivity contribution >= 4 is 11.4 Å². The Morgan fingerprint density at radius 1 is 0.125 bits per heavy atom. The summed E-state index contributed by atoms with van der Waals surface area (Å²) in [4.78, 5) is 0. The molecule has 0 fully saturated rings. The van der Waals surface area contributed by atoms with Crippen LogP contribution in [0, 0.1) is 0 Å². The number of aliphatic hydroxyl groups excluding tert-OH is 1. The van der Waals surface area contributed by atoms with Crippen LogP contribution in [-0.4, -0.2) is 5.11 Å². The molecular weight excluding hydrogens is 1700 g/mol. The highest BCUT2D eigenvalue weighted by Gasteiger charge is 2.18. The second-order valence-electron chi connectivity index (χ2n) is 32.4. The maximum atomic E-state index is 9.62. The summed E-state index contributed by atoms with van der Waals surface area (Å²) >= 11 is 0. The van der Waals surface area contributed by atoms with Crippen LogP contribution in [0.3, 0.4) is 0 Å². The van der Waals surface area contributed by atoms with Crippen LogP contribution in [0.4, 0.5) is 11.4 Å². The van der Waals surface area contributed by atoms with Gasteiger partial charge >= 0.3 is 0 Å². The van der Waals surface area contributed by atoms with Crippen LogP contribution >= 0.6 is 0 Å². The molecule has 0 heterocycles. The average Bonchev–Trinajstić information content (AvgIpc) is 0.824. The van der Waals surface area contributed by atoms with Gasteiger partial charge in [0.05, 0.1) is 18.0 Å². The van der Waals surface area contributed by atoms with Gasteiger partial charge in [0, 0.05) is 42.5 Å². The van der Waals surface area contributed by atoms with Crippen LogP contribution < -0.4 is 71.1 Å². The van der Waals surface area contributed by atoms with Gasteiger partial charge in [-0.05, 0) is 210 Å². The highest BCUT2D eigenvalue weighted by atomic mass is 16.5. The van der Waals surface area contributed by atoms with E-state index in [0.717, 1.165) is 89.0 Å². The molecule has 0 bridgehead atoms. The quantitative estimate of drug-likeness (QED) is 0.0355. The van der Waals surface area contributed by atoms with Crippen molar-refractivity contribution in [2.75, 3.05) is 0 Å². The molecule has 17 aromatic carbocycles. The molecular formula is C118H102N2O16. The van der Waals surface area contributed by atoms with Gasteiger partial charge in [0.2, 0.25) is 0 Å². The number of hydrogen-bond donors (Lipinski definition) is 1. The average molecular weight is 1800 g/mol. The Morgan fingerprint density at radius 3 is 0.404 bits per heavy atom. The maximum Gasteiger partial charge on any atom is 0.123 e. The van der Waals surface area contributed by atoms with E-state index < -0.39 is 0 Å². The minimum absolute atomic E-state index is 0.0466. The summed E-state index contributed by atoms with van der Waals surface area (Å²) < 4.78 is 99.7. The topological polar surface area (TPSA) is 183 Å². The maximum absolute atomic E-state index is 9.62. The summed E-state index contributed by atoms with van der Waals surface area (Å²) in [5, 5.41) is 18.5. The number of hydrogen-bond acceptors (Lipinski definition) is 18. The number of azo groups is 1. The molecule has 0 amide bonds. The van der Waals surface area contributed by atoms with E-state index >= 15 is 0 Å². The summed E-state index contributed by atoms with van der Waals surface area (Å²) in [6.07, 6.45) is 0. The fourth-order valence-electron chi connectivity index (χ4n) is 14.7. The fourth-order valence-corrected chi connectivity index (χ4v) is 14.7. The molecule has 0 aliphatic heterocycles. The second-order valence-corrected chi connectivity index (χ2v) is 32.4. The first-order valence-electron chi connectivity index (χ1n) is 45.1. The largest absolute Gasteiger partial charge is 0.489 e. The Bertz CT molecular complexity index is 5720. The van der Waals surface area contributed by atoms with Gasteiger partial charge in [-0.1, -0.05) is 255 Å². The zero-order valence-corrected chi connectivity index (χ0v) is 75.1. The van der Waals surface area contributed by atoms with E-state index in [4.69, 9.17) is 71.1 Å². The lowest BCUT2D eigenvalue weighted by molar-refractivity contribution is 0.269. The zero-order chi connectivity index (χ0) is 92.2. The Labute approximate surface area is 792 Å². The first-order valence-corrected chi connectivity index (χ1v) is 45.1. The molecule has 18 nitrogen and oxygen atoms in total. The third kappa shape index (κ3) is 29.1. The lowest BCUT2D eigenvalue weighted by Gasteiger charge is -2.17. The third-order valence-corrected chi connectivity index (χ3v) is 21.6. The van der Waals surface area contributed by atoms with Gasteiger partial charge in [0.15, 0.2) is 0 Å². The second kappa shape index (κ2) is 47.9. The molecule has 0 aliphatic rings. The summed E-state index contributed by atoms with van der Waals surface area (Å²) in [7, 11) is 0. The van der Waals surface area contributed by atoms with Crippen LogP contribution in [0.5, 0.6) is 86.2 Å². The van der Waals surface area contributed by atoms with Gasteiger partial charge < -0.3 is 76.2 Å². The lowest BCUT2D eigenvalue weighted by Crippen LogP contribution is -2.04. The van der Waals surface area contributed by atoms with Crippen LogP contribution in [0.25, 0.3) is 0 Å². The van der Waals surface area contributed by atoms with Crippen molar-refractivity contribution in [3.8, 4) is 86.2 Å². The number of rotatable bonds is 48. The number of aliphatic hydroxyl groups is 1. The van der Waals surface area contributed by atoms with Gasteiger partial charge in [-0.2, -0.15) is 10.2 Å². The van der Waals surface area contributed by atoms with Crippen LogP contribution in [0.1, 0.15) is 89.0 Å². The molecule has 0 radical (unpaired) electrons. The zero-order valence-electron chi connectivity index (χ0n) is 75.1. The third-order valence-electron chi connectivity index (χ3n) is 21.6. The monoisotopic (exact) mass is 1800 g/mol. The summed E-state index contributed by atoms with van der Waals surface area (Å²) in [5.41, 5.74) is 15.7. The highest BCUT2D eigenvalue weighted by molar-refractivity contribution is 5.49. The Balaban J connectivity index is 0.683. The Hall–Kier alpha value is -16.7. The van der Waals surface area contributed by atoms with E-state index in [9.17, 15) is 5.11 Å². The molecule has 1 N–H and O–H groups in total. The normalized spacial score (nSPS) is 11.0. The van der Waals surface area contributed by atoms with Crippen LogP contribution in [-0.2, 0) is 106 Å². The molecule has 0 atom stereocenters. The van der Waals surface area contributed by atoms with E-state index in [1.165, 1.54) is 0 Å². The van der Waals surface area contributed by atoms with E-state index in [0.29, 0.717) is 150 Å². The van der Waals surface area contributed by atoms with E-state index in [-0.39, 0.29) is 52.9 Å². The molecule has 0 aromatic heterocycles. The molecule has 17 aromatic rings. The first-order chi connectivity index (χ1) is 67.1. The fraction of sp³-hybridized carbons (Fsp3) is 0.136. The van der Waals surface area contributed by atoms with E-state index in [1.54, 1.807) is 0 Å². The smallest absolute Gasteiger partial charge is 0.123 e. The first kappa shape index (κ1) is 91.2. The van der Waals surface area contributed by atoms with Crippen molar-refractivity contribution in [1.29, 1.82) is 0 Å². The molecule has 136 heavy (non-hydrogen) atoms. The molecule has 0 spiro atoms. The summed E-state index contributed by atoms with van der Waals surface area (Å²) in [6.45, 7) is 3.45.